The molecule has 0 aliphatic carbocycles. The largest absolute Gasteiger partial charge is 0.481 e. The molecular formula is C20H18Cl2N4O3S. The predicted octanol–water partition coefficient (Wildman–Crippen LogP) is 4.98. The van der Waals surface area contributed by atoms with Crippen LogP contribution in [-0.2, 0) is 10.0 Å². The topological polar surface area (TPSA) is 93.2 Å². The lowest BCUT2D eigenvalue weighted by Gasteiger charge is -2.14. The Labute approximate surface area is 184 Å². The second kappa shape index (κ2) is 8.51. The van der Waals surface area contributed by atoms with Crippen molar-refractivity contribution in [3.05, 3.63) is 59.6 Å². The molecule has 2 aromatic carbocycles. The lowest BCUT2D eigenvalue weighted by Crippen LogP contribution is -2.09. The molecule has 10 heteroatoms. The highest BCUT2D eigenvalue weighted by Crippen LogP contribution is 2.34. The van der Waals surface area contributed by atoms with E-state index in [-0.39, 0.29) is 12.4 Å². The predicted molar refractivity (Wildman–Crippen MR) is 124 cm³/mol. The summed E-state index contributed by atoms with van der Waals surface area (Å²) in [7, 11) is -1.77. The molecule has 4 rings (SSSR count). The van der Waals surface area contributed by atoms with Gasteiger partial charge in [-0.15, -0.1) is 12.4 Å². The molecule has 30 heavy (non-hydrogen) atoms. The molecule has 0 aliphatic heterocycles. The molecule has 0 unspecified atom stereocenters. The van der Waals surface area contributed by atoms with Crippen molar-refractivity contribution in [2.24, 2.45) is 0 Å². The third-order valence-corrected chi connectivity index (χ3v) is 5.06. The van der Waals surface area contributed by atoms with E-state index < -0.39 is 10.0 Å². The van der Waals surface area contributed by atoms with E-state index in [4.69, 9.17) is 16.3 Å². The van der Waals surface area contributed by atoms with E-state index in [2.05, 4.69) is 20.0 Å². The first-order valence-corrected chi connectivity index (χ1v) is 10.9. The minimum absolute atomic E-state index is 0. The van der Waals surface area contributed by atoms with Crippen molar-refractivity contribution in [3.8, 4) is 5.88 Å². The number of ether oxygens (including phenoxy) is 1. The van der Waals surface area contributed by atoms with E-state index in [1.54, 1.807) is 49.6 Å². The van der Waals surface area contributed by atoms with Crippen LogP contribution >= 0.6 is 24.0 Å². The molecule has 0 aliphatic rings. The van der Waals surface area contributed by atoms with Crippen LogP contribution in [0.15, 0.2) is 54.6 Å². The smallest absolute Gasteiger partial charge is 0.229 e. The molecule has 0 bridgehead atoms. The number of anilines is 3. The molecule has 0 fully saturated rings. The Kier molecular flexibility index (Phi) is 6.21. The maximum absolute atomic E-state index is 11.4. The Balaban J connectivity index is 0.00000256. The van der Waals surface area contributed by atoms with Crippen LogP contribution in [-0.4, -0.2) is 31.8 Å². The number of sulfonamides is 1. The third-order valence-electron chi connectivity index (χ3n) is 4.22. The highest BCUT2D eigenvalue weighted by atomic mass is 35.5. The van der Waals surface area contributed by atoms with Crippen molar-refractivity contribution in [2.75, 3.05) is 23.4 Å². The summed E-state index contributed by atoms with van der Waals surface area (Å²) in [6, 6.07) is 16.0. The van der Waals surface area contributed by atoms with E-state index >= 15 is 0 Å². The zero-order chi connectivity index (χ0) is 20.6. The Bertz CT molecular complexity index is 1330. The van der Waals surface area contributed by atoms with Gasteiger partial charge in [0.05, 0.1) is 30.1 Å². The number of hydrogen-bond donors (Lipinski definition) is 2. The van der Waals surface area contributed by atoms with Gasteiger partial charge in [0.2, 0.25) is 15.9 Å². The van der Waals surface area contributed by atoms with Gasteiger partial charge in [-0.3, -0.25) is 4.72 Å². The zero-order valence-corrected chi connectivity index (χ0v) is 18.4. The Morgan fingerprint density at radius 2 is 1.63 bits per heavy atom. The van der Waals surface area contributed by atoms with Crippen LogP contribution in [0.25, 0.3) is 21.9 Å². The Hall–Kier alpha value is -2.81. The summed E-state index contributed by atoms with van der Waals surface area (Å²) in [6.07, 6.45) is 1.11. The first-order valence-electron chi connectivity index (χ1n) is 8.61. The molecule has 2 heterocycles. The fourth-order valence-corrected chi connectivity index (χ4v) is 3.72. The maximum Gasteiger partial charge on any atom is 0.229 e. The number of nitrogens with zero attached hydrogens (tertiary/aromatic N) is 2. The lowest BCUT2D eigenvalue weighted by atomic mass is 10.1. The van der Waals surface area contributed by atoms with Crippen molar-refractivity contribution < 1.29 is 13.2 Å². The number of fused-ring (bicyclic) bond motifs is 2. The fraction of sp³-hybridized carbons (Fsp3) is 0.100. The van der Waals surface area contributed by atoms with Gasteiger partial charge in [0.1, 0.15) is 5.52 Å². The van der Waals surface area contributed by atoms with Crippen LogP contribution < -0.4 is 14.8 Å². The van der Waals surface area contributed by atoms with Gasteiger partial charge >= 0.3 is 0 Å². The first kappa shape index (κ1) is 21.9. The van der Waals surface area contributed by atoms with Crippen molar-refractivity contribution in [3.63, 3.8) is 0 Å². The standard InChI is InChI=1S/C20H17ClN4O3S.ClH/c1-28-18-10-9-16-20(24-18)19(15-8-3-12(21)11-17(15)23-16)22-13-4-6-14(7-5-13)25-29(2,26)27;/h3-11,25H,1-2H3,(H,22,23);1H. The molecule has 0 amide bonds. The molecule has 0 atom stereocenters. The monoisotopic (exact) mass is 464 g/mol. The van der Waals surface area contributed by atoms with Crippen LogP contribution in [0.2, 0.25) is 5.02 Å². The minimum atomic E-state index is -3.33. The Morgan fingerprint density at radius 1 is 0.933 bits per heavy atom. The van der Waals surface area contributed by atoms with Crippen LogP contribution in [0.1, 0.15) is 0 Å². The minimum Gasteiger partial charge on any atom is -0.481 e. The SMILES string of the molecule is COc1ccc2nc3cc(Cl)ccc3c(Nc3ccc(NS(C)(=O)=O)cc3)c2n1.Cl. The second-order valence-electron chi connectivity index (χ2n) is 6.45. The van der Waals surface area contributed by atoms with Crippen LogP contribution in [0.5, 0.6) is 5.88 Å². The molecule has 2 N–H and O–H groups in total. The summed E-state index contributed by atoms with van der Waals surface area (Å²) in [4.78, 5) is 9.21. The maximum atomic E-state index is 11.4. The zero-order valence-electron chi connectivity index (χ0n) is 16.0. The first-order chi connectivity index (χ1) is 13.8. The van der Waals surface area contributed by atoms with E-state index in [1.807, 2.05) is 12.1 Å². The molecule has 0 spiro atoms. The molecular weight excluding hydrogens is 447 g/mol. The molecule has 0 saturated carbocycles. The van der Waals surface area contributed by atoms with Crippen LogP contribution in [0, 0.1) is 0 Å². The van der Waals surface area contributed by atoms with Crippen molar-refractivity contribution in [2.45, 2.75) is 0 Å². The number of nitrogens with one attached hydrogen (secondary N) is 2. The molecule has 0 radical (unpaired) electrons. The van der Waals surface area contributed by atoms with Gasteiger partial charge in [0.25, 0.3) is 0 Å². The van der Waals surface area contributed by atoms with E-state index in [9.17, 15) is 8.42 Å². The van der Waals surface area contributed by atoms with Crippen molar-refractivity contribution in [1.82, 2.24) is 9.97 Å². The van der Waals surface area contributed by atoms with Crippen LogP contribution in [0.4, 0.5) is 17.1 Å². The van der Waals surface area contributed by atoms with Gasteiger partial charge in [0, 0.05) is 27.8 Å². The summed E-state index contributed by atoms with van der Waals surface area (Å²) in [5, 5.41) is 4.81. The van der Waals surface area contributed by atoms with E-state index in [0.717, 1.165) is 28.5 Å². The van der Waals surface area contributed by atoms with E-state index in [0.29, 0.717) is 27.6 Å². The van der Waals surface area contributed by atoms with Crippen molar-refractivity contribution in [1.29, 1.82) is 0 Å². The number of methoxy groups -OCH3 is 1. The van der Waals surface area contributed by atoms with Gasteiger partial charge in [-0.05, 0) is 48.5 Å². The fourth-order valence-electron chi connectivity index (χ4n) is 2.99. The summed E-state index contributed by atoms with van der Waals surface area (Å²) in [5.74, 6) is 0.475. The van der Waals surface area contributed by atoms with Gasteiger partial charge < -0.3 is 10.1 Å². The van der Waals surface area contributed by atoms with Gasteiger partial charge in [-0.25, -0.2) is 18.4 Å². The average molecular weight is 465 g/mol. The summed E-state index contributed by atoms with van der Waals surface area (Å²) in [5.41, 5.74) is 4.07. The second-order valence-corrected chi connectivity index (χ2v) is 8.63. The van der Waals surface area contributed by atoms with Gasteiger partial charge in [0.15, 0.2) is 0 Å². The molecule has 7 nitrogen and oxygen atoms in total. The summed E-state index contributed by atoms with van der Waals surface area (Å²) < 4.78 is 30.5. The third kappa shape index (κ3) is 4.67. The molecule has 0 saturated heterocycles. The van der Waals surface area contributed by atoms with Crippen LogP contribution in [0.3, 0.4) is 0 Å². The number of benzene rings is 2. The molecule has 156 valence electrons. The quantitative estimate of drug-likeness (QED) is 0.404. The highest BCUT2D eigenvalue weighted by Gasteiger charge is 2.13. The normalized spacial score (nSPS) is 11.2. The van der Waals surface area contributed by atoms with Gasteiger partial charge in [-0.1, -0.05) is 11.6 Å². The Morgan fingerprint density at radius 3 is 2.30 bits per heavy atom. The van der Waals surface area contributed by atoms with Gasteiger partial charge in [-0.2, -0.15) is 0 Å². The van der Waals surface area contributed by atoms with E-state index in [1.165, 1.54) is 0 Å². The lowest BCUT2D eigenvalue weighted by molar-refractivity contribution is 0.399. The number of rotatable bonds is 5. The number of aromatic nitrogens is 2. The number of pyridine rings is 2. The van der Waals surface area contributed by atoms with Crippen molar-refractivity contribution >= 4 is 73.0 Å². The molecule has 4 aromatic rings. The number of halogens is 2. The number of hydrogen-bond acceptors (Lipinski definition) is 6. The molecule has 2 aromatic heterocycles. The summed E-state index contributed by atoms with van der Waals surface area (Å²) in [6.45, 7) is 0. The highest BCUT2D eigenvalue weighted by molar-refractivity contribution is 7.92. The summed E-state index contributed by atoms with van der Waals surface area (Å²) >= 11 is 6.15. The average Bonchev–Trinajstić information content (AvgIpc) is 2.67.